The third kappa shape index (κ3) is 5.01. The number of nitrogens with zero attached hydrogens (tertiary/aromatic N) is 2. The first-order chi connectivity index (χ1) is 14.0. The van der Waals surface area contributed by atoms with Gasteiger partial charge in [-0.25, -0.2) is 0 Å². The van der Waals surface area contributed by atoms with Crippen molar-refractivity contribution in [2.75, 3.05) is 11.5 Å². The molecule has 0 radical (unpaired) electrons. The van der Waals surface area contributed by atoms with Crippen LogP contribution in [0.3, 0.4) is 0 Å². The van der Waals surface area contributed by atoms with Crippen LogP contribution in [0.1, 0.15) is 54.8 Å². The van der Waals surface area contributed by atoms with Crippen LogP contribution in [-0.2, 0) is 9.59 Å². The SMILES string of the molecule is Cc1ccc(N(C(=O)CO)C(C(=O)NC2CCCCC2)c2cccnc2)cc1C. The van der Waals surface area contributed by atoms with Crippen molar-refractivity contribution in [1.29, 1.82) is 0 Å². The van der Waals surface area contributed by atoms with E-state index in [1.165, 1.54) is 11.3 Å². The van der Waals surface area contributed by atoms with Gasteiger partial charge in [0.25, 0.3) is 5.91 Å². The molecule has 0 saturated heterocycles. The molecule has 1 atom stereocenters. The van der Waals surface area contributed by atoms with E-state index < -0.39 is 18.6 Å². The predicted octanol–water partition coefficient (Wildman–Crippen LogP) is 3.21. The predicted molar refractivity (Wildman–Crippen MR) is 112 cm³/mol. The number of aliphatic hydroxyl groups is 1. The van der Waals surface area contributed by atoms with Crippen LogP contribution >= 0.6 is 0 Å². The van der Waals surface area contributed by atoms with Crippen LogP contribution in [0, 0.1) is 13.8 Å². The van der Waals surface area contributed by atoms with Gasteiger partial charge in [-0.2, -0.15) is 0 Å². The Morgan fingerprint density at radius 3 is 2.55 bits per heavy atom. The molecule has 6 nitrogen and oxygen atoms in total. The Balaban J connectivity index is 2.01. The summed E-state index contributed by atoms with van der Waals surface area (Å²) in [5, 5.41) is 12.8. The molecule has 1 aromatic heterocycles. The van der Waals surface area contributed by atoms with Gasteiger partial charge in [0.1, 0.15) is 12.6 Å². The van der Waals surface area contributed by atoms with E-state index in [1.807, 2.05) is 32.0 Å². The fourth-order valence-electron chi connectivity index (χ4n) is 3.87. The van der Waals surface area contributed by atoms with Gasteiger partial charge in [0.15, 0.2) is 0 Å². The van der Waals surface area contributed by atoms with Crippen LogP contribution in [0.5, 0.6) is 0 Å². The maximum Gasteiger partial charge on any atom is 0.253 e. The van der Waals surface area contributed by atoms with E-state index in [0.717, 1.165) is 36.8 Å². The normalized spacial score (nSPS) is 15.6. The second kappa shape index (κ2) is 9.65. The number of aryl methyl sites for hydroxylation is 2. The average molecular weight is 396 g/mol. The maximum absolute atomic E-state index is 13.4. The highest BCUT2D eigenvalue weighted by Crippen LogP contribution is 2.30. The number of carbonyl (C=O) groups excluding carboxylic acids is 2. The van der Waals surface area contributed by atoms with Crippen LogP contribution in [0.2, 0.25) is 0 Å². The van der Waals surface area contributed by atoms with Gasteiger partial charge in [-0.05, 0) is 56.0 Å². The zero-order valence-corrected chi connectivity index (χ0v) is 17.1. The van der Waals surface area contributed by atoms with Crippen molar-refractivity contribution in [3.8, 4) is 0 Å². The minimum absolute atomic E-state index is 0.112. The van der Waals surface area contributed by atoms with Crippen molar-refractivity contribution in [3.63, 3.8) is 0 Å². The number of hydrogen-bond donors (Lipinski definition) is 2. The first kappa shape index (κ1) is 21.0. The first-order valence-electron chi connectivity index (χ1n) is 10.2. The molecule has 1 fully saturated rings. The molecular weight excluding hydrogens is 366 g/mol. The van der Waals surface area contributed by atoms with Crippen LogP contribution in [-0.4, -0.2) is 34.6 Å². The van der Waals surface area contributed by atoms with Crippen molar-refractivity contribution >= 4 is 17.5 Å². The second-order valence-corrected chi connectivity index (χ2v) is 7.72. The summed E-state index contributed by atoms with van der Waals surface area (Å²) in [6.45, 7) is 3.27. The Morgan fingerprint density at radius 1 is 1.17 bits per heavy atom. The number of aromatic nitrogens is 1. The van der Waals surface area contributed by atoms with Crippen molar-refractivity contribution in [1.82, 2.24) is 10.3 Å². The monoisotopic (exact) mass is 395 g/mol. The van der Waals surface area contributed by atoms with Crippen LogP contribution < -0.4 is 10.2 Å². The lowest BCUT2D eigenvalue weighted by atomic mass is 9.94. The number of rotatable bonds is 6. The van der Waals surface area contributed by atoms with Gasteiger partial charge in [0.05, 0.1) is 0 Å². The molecule has 1 heterocycles. The highest BCUT2D eigenvalue weighted by molar-refractivity contribution is 6.01. The van der Waals surface area contributed by atoms with E-state index in [-0.39, 0.29) is 11.9 Å². The summed E-state index contributed by atoms with van der Waals surface area (Å²) in [5.74, 6) is -0.772. The highest BCUT2D eigenvalue weighted by atomic mass is 16.3. The quantitative estimate of drug-likeness (QED) is 0.787. The number of benzene rings is 1. The van der Waals surface area contributed by atoms with Crippen LogP contribution in [0.15, 0.2) is 42.7 Å². The summed E-state index contributed by atoms with van der Waals surface area (Å²) in [6, 6.07) is 8.36. The minimum atomic E-state index is -0.896. The molecule has 0 bridgehead atoms. The molecule has 2 N–H and O–H groups in total. The molecule has 2 aromatic rings. The van der Waals surface area contributed by atoms with Crippen molar-refractivity contribution in [2.24, 2.45) is 0 Å². The summed E-state index contributed by atoms with van der Waals surface area (Å²) in [4.78, 5) is 31.7. The van der Waals surface area contributed by atoms with E-state index in [2.05, 4.69) is 10.3 Å². The van der Waals surface area contributed by atoms with Gasteiger partial charge in [-0.15, -0.1) is 0 Å². The lowest BCUT2D eigenvalue weighted by molar-refractivity contribution is -0.128. The summed E-state index contributed by atoms with van der Waals surface area (Å²) < 4.78 is 0. The molecule has 1 aromatic carbocycles. The van der Waals surface area contributed by atoms with Gasteiger partial charge in [0, 0.05) is 29.7 Å². The van der Waals surface area contributed by atoms with Crippen molar-refractivity contribution < 1.29 is 14.7 Å². The molecule has 1 aliphatic rings. The van der Waals surface area contributed by atoms with Gasteiger partial charge < -0.3 is 10.4 Å². The van der Waals surface area contributed by atoms with E-state index >= 15 is 0 Å². The Morgan fingerprint density at radius 2 is 1.93 bits per heavy atom. The molecule has 0 spiro atoms. The molecule has 154 valence electrons. The Kier molecular flexibility index (Phi) is 6.99. The second-order valence-electron chi connectivity index (χ2n) is 7.72. The lowest BCUT2D eigenvalue weighted by Gasteiger charge is -2.33. The average Bonchev–Trinajstić information content (AvgIpc) is 2.74. The van der Waals surface area contributed by atoms with Crippen molar-refractivity contribution in [2.45, 2.75) is 58.0 Å². The van der Waals surface area contributed by atoms with Gasteiger partial charge in [-0.3, -0.25) is 19.5 Å². The Labute approximate surface area is 172 Å². The lowest BCUT2D eigenvalue weighted by Crippen LogP contribution is -2.48. The fourth-order valence-corrected chi connectivity index (χ4v) is 3.87. The highest BCUT2D eigenvalue weighted by Gasteiger charge is 2.34. The van der Waals surface area contributed by atoms with Crippen LogP contribution in [0.25, 0.3) is 0 Å². The third-order valence-corrected chi connectivity index (χ3v) is 5.63. The van der Waals surface area contributed by atoms with Crippen LogP contribution in [0.4, 0.5) is 5.69 Å². The van der Waals surface area contributed by atoms with E-state index in [0.29, 0.717) is 11.3 Å². The fraction of sp³-hybridized carbons (Fsp3) is 0.435. The zero-order valence-electron chi connectivity index (χ0n) is 17.1. The number of carbonyl (C=O) groups is 2. The molecular formula is C23H29N3O3. The molecule has 1 unspecified atom stereocenters. The topological polar surface area (TPSA) is 82.5 Å². The summed E-state index contributed by atoms with van der Waals surface area (Å²) in [5.41, 5.74) is 3.30. The smallest absolute Gasteiger partial charge is 0.253 e. The molecule has 2 amide bonds. The van der Waals surface area contributed by atoms with Crippen molar-refractivity contribution in [3.05, 3.63) is 59.4 Å². The van der Waals surface area contributed by atoms with E-state index in [4.69, 9.17) is 0 Å². The molecule has 6 heteroatoms. The van der Waals surface area contributed by atoms with E-state index in [1.54, 1.807) is 24.5 Å². The summed E-state index contributed by atoms with van der Waals surface area (Å²) in [6.07, 6.45) is 8.51. The number of anilines is 1. The number of hydrogen-bond acceptors (Lipinski definition) is 4. The number of aliphatic hydroxyl groups excluding tert-OH is 1. The number of amides is 2. The molecule has 3 rings (SSSR count). The summed E-state index contributed by atoms with van der Waals surface area (Å²) >= 11 is 0. The van der Waals surface area contributed by atoms with Gasteiger partial charge >= 0.3 is 0 Å². The molecule has 1 saturated carbocycles. The molecule has 0 aliphatic heterocycles. The Hall–Kier alpha value is -2.73. The molecule has 1 aliphatic carbocycles. The number of nitrogens with one attached hydrogen (secondary N) is 1. The number of pyridine rings is 1. The molecule has 29 heavy (non-hydrogen) atoms. The van der Waals surface area contributed by atoms with Gasteiger partial charge in [0.2, 0.25) is 5.91 Å². The standard InChI is InChI=1S/C23H29N3O3/c1-16-10-11-20(13-17(16)2)26(21(28)15-27)22(18-7-6-12-24-14-18)23(29)25-19-8-4-3-5-9-19/h6-7,10-14,19,22,27H,3-5,8-9,15H2,1-2H3,(H,25,29). The third-order valence-electron chi connectivity index (χ3n) is 5.63. The summed E-state index contributed by atoms with van der Waals surface area (Å²) in [7, 11) is 0. The van der Waals surface area contributed by atoms with Gasteiger partial charge in [-0.1, -0.05) is 31.4 Å². The Bertz CT molecular complexity index is 848. The first-order valence-corrected chi connectivity index (χ1v) is 10.2. The van der Waals surface area contributed by atoms with E-state index in [9.17, 15) is 14.7 Å². The maximum atomic E-state index is 13.4. The largest absolute Gasteiger partial charge is 0.387 e. The minimum Gasteiger partial charge on any atom is -0.387 e. The zero-order chi connectivity index (χ0) is 20.8.